The Morgan fingerprint density at radius 1 is 1.38 bits per heavy atom. The molecule has 68 valence electrons. The molecule has 1 heterocycles. The van der Waals surface area contributed by atoms with Crippen LogP contribution in [-0.2, 0) is 4.79 Å². The summed E-state index contributed by atoms with van der Waals surface area (Å²) >= 11 is 0. The predicted octanol–water partition coefficient (Wildman–Crippen LogP) is 0.527. The summed E-state index contributed by atoms with van der Waals surface area (Å²) in [6.45, 7) is 0. The third-order valence-electron chi connectivity index (χ3n) is 2.52. The molecule has 2 rings (SSSR count). The topological polar surface area (TPSA) is 46.1 Å². The molecule has 3 atom stereocenters. The Morgan fingerprint density at radius 2 is 2.00 bits per heavy atom. The van der Waals surface area contributed by atoms with E-state index in [1.807, 2.05) is 42.3 Å². The molecule has 2 N–H and O–H groups in total. The van der Waals surface area contributed by atoms with Crippen molar-refractivity contribution in [2.24, 2.45) is 5.73 Å². The van der Waals surface area contributed by atoms with Gasteiger partial charge in [-0.1, -0.05) is 30.3 Å². The number of rotatable bonds is 2. The number of nitrogens with two attached hydrogens (primary N) is 1. The molecule has 13 heavy (non-hydrogen) atoms. The van der Waals surface area contributed by atoms with Gasteiger partial charge in [-0.05, 0) is 12.6 Å². The van der Waals surface area contributed by atoms with Crippen molar-refractivity contribution in [3.05, 3.63) is 35.9 Å². The molecule has 0 aromatic heterocycles. The summed E-state index contributed by atoms with van der Waals surface area (Å²) in [5.41, 5.74) is 6.40. The molecular weight excluding hydrogens is 164 g/mol. The summed E-state index contributed by atoms with van der Waals surface area (Å²) in [5, 5.41) is 0. The molecule has 0 spiro atoms. The maximum Gasteiger partial charge on any atom is 0.236 e. The first-order chi connectivity index (χ1) is 6.22. The van der Waals surface area contributed by atoms with Gasteiger partial charge >= 0.3 is 0 Å². The van der Waals surface area contributed by atoms with Gasteiger partial charge in [-0.25, -0.2) is 0 Å². The van der Waals surface area contributed by atoms with E-state index in [0.29, 0.717) is 0 Å². The molecule has 1 aromatic rings. The molecule has 3 nitrogen and oxygen atoms in total. The van der Waals surface area contributed by atoms with Crippen LogP contribution in [-0.4, -0.2) is 23.9 Å². The molecule has 3 heteroatoms. The second kappa shape index (κ2) is 2.85. The monoisotopic (exact) mass is 176 g/mol. The van der Waals surface area contributed by atoms with Gasteiger partial charge in [0.15, 0.2) is 0 Å². The third-order valence-corrected chi connectivity index (χ3v) is 2.52. The van der Waals surface area contributed by atoms with Crippen LogP contribution in [0.4, 0.5) is 0 Å². The van der Waals surface area contributed by atoms with Crippen molar-refractivity contribution >= 4 is 5.91 Å². The van der Waals surface area contributed by atoms with Gasteiger partial charge < -0.3 is 5.73 Å². The molecule has 1 aliphatic heterocycles. The van der Waals surface area contributed by atoms with E-state index in [4.69, 9.17) is 5.73 Å². The standard InChI is InChI=1S/C10H12N2O/c1-12-8(9(12)10(11)13)7-5-3-2-4-6-7/h2-6,8-9H,1H3,(H2,11,13)/t8-,9-,12?/m0/s1. The summed E-state index contributed by atoms with van der Waals surface area (Å²) < 4.78 is 0. The van der Waals surface area contributed by atoms with Crippen molar-refractivity contribution in [3.8, 4) is 0 Å². The molecule has 0 aliphatic carbocycles. The van der Waals surface area contributed by atoms with Crippen molar-refractivity contribution in [1.82, 2.24) is 4.90 Å². The minimum Gasteiger partial charge on any atom is -0.368 e. The maximum absolute atomic E-state index is 10.9. The molecule has 0 saturated carbocycles. The van der Waals surface area contributed by atoms with E-state index in [1.54, 1.807) is 0 Å². The Hall–Kier alpha value is -1.35. The van der Waals surface area contributed by atoms with Crippen LogP contribution in [0, 0.1) is 0 Å². The van der Waals surface area contributed by atoms with Crippen LogP contribution >= 0.6 is 0 Å². The van der Waals surface area contributed by atoms with E-state index in [2.05, 4.69) is 0 Å². The molecule has 1 amide bonds. The van der Waals surface area contributed by atoms with Gasteiger partial charge in [0.2, 0.25) is 5.91 Å². The van der Waals surface area contributed by atoms with Crippen LogP contribution in [0.3, 0.4) is 0 Å². The lowest BCUT2D eigenvalue weighted by Gasteiger charge is -1.95. The first-order valence-electron chi connectivity index (χ1n) is 4.28. The summed E-state index contributed by atoms with van der Waals surface area (Å²) in [6, 6.07) is 10.0. The zero-order chi connectivity index (χ0) is 9.42. The van der Waals surface area contributed by atoms with Crippen molar-refractivity contribution in [1.29, 1.82) is 0 Å². The highest BCUT2D eigenvalue weighted by atomic mass is 16.1. The molecule has 1 saturated heterocycles. The number of benzene rings is 1. The quantitative estimate of drug-likeness (QED) is 0.668. The van der Waals surface area contributed by atoms with Crippen LogP contribution in [0.1, 0.15) is 11.6 Å². The van der Waals surface area contributed by atoms with Crippen molar-refractivity contribution in [3.63, 3.8) is 0 Å². The first kappa shape index (κ1) is 8.26. The smallest absolute Gasteiger partial charge is 0.236 e. The fourth-order valence-corrected chi connectivity index (χ4v) is 1.76. The molecule has 1 fully saturated rings. The van der Waals surface area contributed by atoms with E-state index in [1.165, 1.54) is 0 Å². The van der Waals surface area contributed by atoms with E-state index >= 15 is 0 Å². The first-order valence-corrected chi connectivity index (χ1v) is 4.28. The van der Waals surface area contributed by atoms with Gasteiger partial charge in [-0.2, -0.15) is 0 Å². The highest BCUT2D eigenvalue weighted by Gasteiger charge is 2.49. The van der Waals surface area contributed by atoms with Gasteiger partial charge in [-0.15, -0.1) is 0 Å². The van der Waals surface area contributed by atoms with Crippen molar-refractivity contribution in [2.75, 3.05) is 7.05 Å². The summed E-state index contributed by atoms with van der Waals surface area (Å²) in [7, 11) is 1.91. The normalized spacial score (nSPS) is 31.3. The van der Waals surface area contributed by atoms with E-state index in [-0.39, 0.29) is 18.0 Å². The Bertz CT molecular complexity index is 323. The van der Waals surface area contributed by atoms with Gasteiger partial charge in [0.05, 0.1) is 6.04 Å². The van der Waals surface area contributed by atoms with Crippen LogP contribution in [0.5, 0.6) is 0 Å². The average Bonchev–Trinajstić information content (AvgIpc) is 2.79. The minimum atomic E-state index is -0.239. The number of likely N-dealkylation sites (N-methyl/N-ethyl adjacent to an activating group) is 1. The second-order valence-corrected chi connectivity index (χ2v) is 3.37. The van der Waals surface area contributed by atoms with Gasteiger partial charge in [-0.3, -0.25) is 9.69 Å². The van der Waals surface area contributed by atoms with Gasteiger partial charge in [0.25, 0.3) is 0 Å². The number of carbonyl (C=O) groups is 1. The highest BCUT2D eigenvalue weighted by Crippen LogP contribution is 2.40. The fraction of sp³-hybridized carbons (Fsp3) is 0.300. The molecule has 1 aromatic carbocycles. The van der Waals surface area contributed by atoms with Crippen LogP contribution in [0.2, 0.25) is 0 Å². The lowest BCUT2D eigenvalue weighted by atomic mass is 10.1. The van der Waals surface area contributed by atoms with E-state index in [0.717, 1.165) is 5.56 Å². The zero-order valence-corrected chi connectivity index (χ0v) is 7.47. The molecular formula is C10H12N2O. The van der Waals surface area contributed by atoms with Gasteiger partial charge in [0.1, 0.15) is 6.04 Å². The minimum absolute atomic E-state index is 0.109. The zero-order valence-electron chi connectivity index (χ0n) is 7.47. The predicted molar refractivity (Wildman–Crippen MR) is 49.9 cm³/mol. The summed E-state index contributed by atoms with van der Waals surface area (Å²) in [4.78, 5) is 12.9. The largest absolute Gasteiger partial charge is 0.368 e. The van der Waals surface area contributed by atoms with Crippen LogP contribution in [0.15, 0.2) is 30.3 Å². The molecule has 0 bridgehead atoms. The number of primary amides is 1. The molecule has 1 aliphatic rings. The number of hydrogen-bond acceptors (Lipinski definition) is 2. The molecule has 1 unspecified atom stereocenters. The lowest BCUT2D eigenvalue weighted by molar-refractivity contribution is -0.118. The summed E-state index contributed by atoms with van der Waals surface area (Å²) in [6.07, 6.45) is 0. The average molecular weight is 176 g/mol. The fourth-order valence-electron chi connectivity index (χ4n) is 1.76. The Labute approximate surface area is 77.1 Å². The van der Waals surface area contributed by atoms with Crippen LogP contribution in [0.25, 0.3) is 0 Å². The maximum atomic E-state index is 10.9. The Kier molecular flexibility index (Phi) is 1.81. The van der Waals surface area contributed by atoms with Gasteiger partial charge in [0, 0.05) is 0 Å². The number of amides is 1. The van der Waals surface area contributed by atoms with E-state index in [9.17, 15) is 4.79 Å². The molecule has 0 radical (unpaired) electrons. The second-order valence-electron chi connectivity index (χ2n) is 3.37. The Balaban J connectivity index is 2.18. The Morgan fingerprint density at radius 3 is 2.46 bits per heavy atom. The van der Waals surface area contributed by atoms with Crippen LogP contribution < -0.4 is 5.73 Å². The lowest BCUT2D eigenvalue weighted by Crippen LogP contribution is -2.20. The summed E-state index contributed by atoms with van der Waals surface area (Å²) in [5.74, 6) is -0.239. The van der Waals surface area contributed by atoms with Crippen molar-refractivity contribution < 1.29 is 4.79 Å². The number of nitrogens with zero attached hydrogens (tertiary/aromatic N) is 1. The number of carbonyl (C=O) groups excluding carboxylic acids is 1. The SMILES string of the molecule is CN1[C@H](C(N)=O)[C@@H]1c1ccccc1. The highest BCUT2D eigenvalue weighted by molar-refractivity contribution is 5.84. The van der Waals surface area contributed by atoms with Crippen molar-refractivity contribution in [2.45, 2.75) is 12.1 Å². The third kappa shape index (κ3) is 1.31. The van der Waals surface area contributed by atoms with E-state index < -0.39 is 0 Å². The number of hydrogen-bond donors (Lipinski definition) is 1.